The molecule has 0 N–H and O–H groups in total. The maximum absolute atomic E-state index is 2.36. The average molecular weight is 359 g/mol. The maximum Gasteiger partial charge on any atom is -0.0162 e. The Morgan fingerprint density at radius 2 is 0.885 bits per heavy atom. The molecule has 1 rings (SSSR count). The molecule has 0 bridgehead atoms. The van der Waals surface area contributed by atoms with Crippen molar-refractivity contribution in [3.05, 3.63) is 35.9 Å². The van der Waals surface area contributed by atoms with Crippen LogP contribution >= 0.6 is 0 Å². The predicted octanol–water partition coefficient (Wildman–Crippen LogP) is 9.44. The lowest BCUT2D eigenvalue weighted by Crippen LogP contribution is -1.99. The molecular formula is C26H46. The van der Waals surface area contributed by atoms with Crippen LogP contribution in [-0.2, 0) is 0 Å². The van der Waals surface area contributed by atoms with Gasteiger partial charge in [-0.15, -0.1) is 0 Å². The van der Waals surface area contributed by atoms with Gasteiger partial charge in [0.25, 0.3) is 0 Å². The second-order valence-electron chi connectivity index (χ2n) is 8.28. The summed E-state index contributed by atoms with van der Waals surface area (Å²) in [7, 11) is 0. The van der Waals surface area contributed by atoms with Gasteiger partial charge in [0, 0.05) is 0 Å². The van der Waals surface area contributed by atoms with Gasteiger partial charge in [0.1, 0.15) is 0 Å². The van der Waals surface area contributed by atoms with Crippen LogP contribution in [0.2, 0.25) is 0 Å². The highest BCUT2D eigenvalue weighted by Crippen LogP contribution is 2.28. The Bertz CT molecular complexity index is 380. The first kappa shape index (κ1) is 23.3. The molecule has 26 heavy (non-hydrogen) atoms. The molecule has 1 atom stereocenters. The van der Waals surface area contributed by atoms with Crippen molar-refractivity contribution in [1.29, 1.82) is 0 Å². The van der Waals surface area contributed by atoms with Crippen LogP contribution < -0.4 is 0 Å². The van der Waals surface area contributed by atoms with Crippen LogP contribution in [0.25, 0.3) is 0 Å². The minimum atomic E-state index is 0.798. The van der Waals surface area contributed by atoms with Crippen LogP contribution in [0.3, 0.4) is 0 Å². The average Bonchev–Trinajstić information content (AvgIpc) is 2.68. The zero-order valence-electron chi connectivity index (χ0n) is 18.0. The van der Waals surface area contributed by atoms with Gasteiger partial charge in [-0.1, -0.05) is 140 Å². The summed E-state index contributed by atoms with van der Waals surface area (Å²) in [5, 5.41) is 0. The van der Waals surface area contributed by atoms with Crippen molar-refractivity contribution in [3.8, 4) is 0 Å². The van der Waals surface area contributed by atoms with Crippen molar-refractivity contribution in [2.75, 3.05) is 0 Å². The van der Waals surface area contributed by atoms with Crippen LogP contribution in [-0.4, -0.2) is 0 Å². The Balaban J connectivity index is 2.17. The van der Waals surface area contributed by atoms with Crippen LogP contribution in [0.1, 0.15) is 134 Å². The van der Waals surface area contributed by atoms with E-state index in [1.165, 1.54) is 109 Å². The molecule has 0 radical (unpaired) electrons. The largest absolute Gasteiger partial charge is 0.0654 e. The fourth-order valence-corrected chi connectivity index (χ4v) is 4.08. The smallest absolute Gasteiger partial charge is 0.0162 e. The monoisotopic (exact) mass is 358 g/mol. The minimum Gasteiger partial charge on any atom is -0.0654 e. The molecule has 0 nitrogen and oxygen atoms in total. The molecule has 0 saturated heterocycles. The summed E-state index contributed by atoms with van der Waals surface area (Å²) in [6.07, 6.45) is 24.2. The van der Waals surface area contributed by atoms with Crippen LogP contribution in [0.4, 0.5) is 0 Å². The van der Waals surface area contributed by atoms with Gasteiger partial charge >= 0.3 is 0 Å². The number of hydrogen-bond acceptors (Lipinski definition) is 0. The molecule has 1 aromatic carbocycles. The summed E-state index contributed by atoms with van der Waals surface area (Å²) in [5.74, 6) is 0.798. The summed E-state index contributed by atoms with van der Waals surface area (Å²) in [4.78, 5) is 0. The molecule has 0 aliphatic heterocycles. The molecule has 0 heteroatoms. The van der Waals surface area contributed by atoms with Gasteiger partial charge in [-0.2, -0.15) is 0 Å². The number of benzene rings is 1. The van der Waals surface area contributed by atoms with E-state index in [0.29, 0.717) is 0 Å². The first-order chi connectivity index (χ1) is 12.9. The van der Waals surface area contributed by atoms with Crippen molar-refractivity contribution in [3.63, 3.8) is 0 Å². The molecule has 1 unspecified atom stereocenters. The fraction of sp³-hybridized carbons (Fsp3) is 0.769. The minimum absolute atomic E-state index is 0.798. The van der Waals surface area contributed by atoms with Gasteiger partial charge in [-0.05, 0) is 24.3 Å². The van der Waals surface area contributed by atoms with E-state index in [9.17, 15) is 0 Å². The summed E-state index contributed by atoms with van der Waals surface area (Å²) in [6, 6.07) is 11.3. The van der Waals surface area contributed by atoms with Gasteiger partial charge in [-0.25, -0.2) is 0 Å². The maximum atomic E-state index is 2.36. The zero-order valence-corrected chi connectivity index (χ0v) is 18.0. The third-order valence-electron chi connectivity index (χ3n) is 5.83. The molecule has 0 amide bonds. The molecular weight excluding hydrogens is 312 g/mol. The molecule has 0 aliphatic carbocycles. The first-order valence-corrected chi connectivity index (χ1v) is 11.9. The Kier molecular flexibility index (Phi) is 15.8. The molecule has 1 aromatic rings. The SMILES string of the molecule is CCCCCCCCCCCC(CCCCCCCC)c1ccccc1. The Hall–Kier alpha value is -0.780. The molecule has 0 fully saturated rings. The van der Waals surface area contributed by atoms with E-state index in [0.717, 1.165) is 5.92 Å². The van der Waals surface area contributed by atoms with E-state index >= 15 is 0 Å². The Morgan fingerprint density at radius 1 is 0.500 bits per heavy atom. The van der Waals surface area contributed by atoms with Crippen molar-refractivity contribution in [2.24, 2.45) is 0 Å². The van der Waals surface area contributed by atoms with E-state index in [2.05, 4.69) is 44.2 Å². The number of hydrogen-bond donors (Lipinski definition) is 0. The third-order valence-corrected chi connectivity index (χ3v) is 5.83. The third kappa shape index (κ3) is 12.6. The number of rotatable bonds is 18. The second kappa shape index (κ2) is 17.6. The lowest BCUT2D eigenvalue weighted by atomic mass is 9.88. The highest BCUT2D eigenvalue weighted by atomic mass is 14.2. The van der Waals surface area contributed by atoms with E-state index in [1.54, 1.807) is 5.56 Å². The van der Waals surface area contributed by atoms with Crippen LogP contribution in [0.15, 0.2) is 30.3 Å². The summed E-state index contributed by atoms with van der Waals surface area (Å²) in [5.41, 5.74) is 1.58. The Labute approximate surface area is 165 Å². The molecule has 0 saturated carbocycles. The molecule has 0 spiro atoms. The van der Waals surface area contributed by atoms with E-state index in [-0.39, 0.29) is 0 Å². The highest BCUT2D eigenvalue weighted by molar-refractivity contribution is 5.19. The predicted molar refractivity (Wildman–Crippen MR) is 119 cm³/mol. The van der Waals surface area contributed by atoms with E-state index < -0.39 is 0 Å². The van der Waals surface area contributed by atoms with Crippen molar-refractivity contribution >= 4 is 0 Å². The van der Waals surface area contributed by atoms with Gasteiger partial charge in [-0.3, -0.25) is 0 Å². The quantitative estimate of drug-likeness (QED) is 0.229. The second-order valence-corrected chi connectivity index (χ2v) is 8.28. The van der Waals surface area contributed by atoms with Gasteiger partial charge in [0.15, 0.2) is 0 Å². The standard InChI is InChI=1S/C26H46/c1-3-5-7-9-11-12-13-15-18-22-25(26-23-19-16-20-24-26)21-17-14-10-8-6-4-2/h16,19-20,23-25H,3-15,17-18,21-22H2,1-2H3. The normalized spacial score (nSPS) is 12.4. The van der Waals surface area contributed by atoms with Crippen molar-refractivity contribution in [2.45, 2.75) is 129 Å². The molecule has 150 valence electrons. The van der Waals surface area contributed by atoms with Gasteiger partial charge in [0.2, 0.25) is 0 Å². The van der Waals surface area contributed by atoms with E-state index in [4.69, 9.17) is 0 Å². The number of unbranched alkanes of at least 4 members (excludes halogenated alkanes) is 13. The van der Waals surface area contributed by atoms with E-state index in [1.807, 2.05) is 0 Å². The summed E-state index contributed by atoms with van der Waals surface area (Å²) in [6.45, 7) is 4.60. The summed E-state index contributed by atoms with van der Waals surface area (Å²) < 4.78 is 0. The lowest BCUT2D eigenvalue weighted by Gasteiger charge is -2.17. The lowest BCUT2D eigenvalue weighted by molar-refractivity contribution is 0.484. The highest BCUT2D eigenvalue weighted by Gasteiger charge is 2.10. The zero-order chi connectivity index (χ0) is 18.7. The fourth-order valence-electron chi connectivity index (χ4n) is 4.08. The molecule has 0 heterocycles. The molecule has 0 aromatic heterocycles. The first-order valence-electron chi connectivity index (χ1n) is 11.9. The van der Waals surface area contributed by atoms with Crippen LogP contribution in [0, 0.1) is 0 Å². The van der Waals surface area contributed by atoms with Crippen LogP contribution in [0.5, 0.6) is 0 Å². The van der Waals surface area contributed by atoms with Crippen molar-refractivity contribution < 1.29 is 0 Å². The topological polar surface area (TPSA) is 0 Å². The van der Waals surface area contributed by atoms with Gasteiger partial charge in [0.05, 0.1) is 0 Å². The molecule has 0 aliphatic rings. The summed E-state index contributed by atoms with van der Waals surface area (Å²) >= 11 is 0. The van der Waals surface area contributed by atoms with Gasteiger partial charge < -0.3 is 0 Å². The Morgan fingerprint density at radius 3 is 1.31 bits per heavy atom. The van der Waals surface area contributed by atoms with Crippen molar-refractivity contribution in [1.82, 2.24) is 0 Å².